The molecule has 1 amide bonds. The van der Waals surface area contributed by atoms with Crippen LogP contribution in [0.3, 0.4) is 0 Å². The highest BCUT2D eigenvalue weighted by molar-refractivity contribution is 6.07. The standard InChI is InChI=1S/C14H10F2N2O4/c15-14(16)22-10-7-5-9(6-8-10)17-13(19)11-3-1-2-4-12(11)18(20)21/h1-8,14H,(H,17,19). The topological polar surface area (TPSA) is 81.5 Å². The summed E-state index contributed by atoms with van der Waals surface area (Å²) >= 11 is 0. The van der Waals surface area contributed by atoms with E-state index in [2.05, 4.69) is 10.1 Å². The highest BCUT2D eigenvalue weighted by atomic mass is 19.3. The van der Waals surface area contributed by atoms with E-state index < -0.39 is 17.4 Å². The van der Waals surface area contributed by atoms with Crippen molar-refractivity contribution in [3.63, 3.8) is 0 Å². The molecule has 6 nitrogen and oxygen atoms in total. The van der Waals surface area contributed by atoms with Crippen LogP contribution >= 0.6 is 0 Å². The lowest BCUT2D eigenvalue weighted by atomic mass is 10.1. The summed E-state index contributed by atoms with van der Waals surface area (Å²) in [6, 6.07) is 10.7. The summed E-state index contributed by atoms with van der Waals surface area (Å²) < 4.78 is 28.2. The molecule has 1 N–H and O–H groups in total. The number of nitro benzene ring substituents is 1. The van der Waals surface area contributed by atoms with Crippen molar-refractivity contribution in [1.29, 1.82) is 0 Å². The largest absolute Gasteiger partial charge is 0.435 e. The molecule has 0 spiro atoms. The zero-order valence-corrected chi connectivity index (χ0v) is 11.0. The lowest BCUT2D eigenvalue weighted by Crippen LogP contribution is -2.13. The lowest BCUT2D eigenvalue weighted by Gasteiger charge is -2.07. The molecule has 0 aliphatic rings. The Morgan fingerprint density at radius 2 is 1.77 bits per heavy atom. The van der Waals surface area contributed by atoms with E-state index in [-0.39, 0.29) is 17.0 Å². The number of hydrogen-bond donors (Lipinski definition) is 1. The number of nitro groups is 1. The number of ether oxygens (including phenoxy) is 1. The maximum absolute atomic E-state index is 12.0. The first-order chi connectivity index (χ1) is 10.5. The van der Waals surface area contributed by atoms with E-state index in [1.165, 1.54) is 48.5 Å². The Morgan fingerprint density at radius 1 is 1.14 bits per heavy atom. The van der Waals surface area contributed by atoms with Gasteiger partial charge < -0.3 is 10.1 Å². The van der Waals surface area contributed by atoms with Crippen molar-refractivity contribution in [2.45, 2.75) is 6.61 Å². The molecule has 114 valence electrons. The average molecular weight is 308 g/mol. The van der Waals surface area contributed by atoms with Gasteiger partial charge in [0.15, 0.2) is 0 Å². The Bertz CT molecular complexity index is 689. The van der Waals surface area contributed by atoms with Gasteiger partial charge in [-0.15, -0.1) is 0 Å². The fourth-order valence-electron chi connectivity index (χ4n) is 1.74. The number of alkyl halides is 2. The van der Waals surface area contributed by atoms with E-state index in [1.807, 2.05) is 0 Å². The van der Waals surface area contributed by atoms with Crippen LogP contribution in [0.1, 0.15) is 10.4 Å². The molecular weight excluding hydrogens is 298 g/mol. The van der Waals surface area contributed by atoms with Crippen LogP contribution in [0.25, 0.3) is 0 Å². The van der Waals surface area contributed by atoms with E-state index in [0.29, 0.717) is 5.69 Å². The number of anilines is 1. The molecule has 0 saturated heterocycles. The van der Waals surface area contributed by atoms with E-state index >= 15 is 0 Å². The Labute approximate surface area is 123 Å². The van der Waals surface area contributed by atoms with Gasteiger partial charge in [0, 0.05) is 11.8 Å². The van der Waals surface area contributed by atoms with Crippen molar-refractivity contribution in [2.24, 2.45) is 0 Å². The number of nitrogens with zero attached hydrogens (tertiary/aromatic N) is 1. The molecule has 0 saturated carbocycles. The third kappa shape index (κ3) is 3.75. The van der Waals surface area contributed by atoms with E-state index in [0.717, 1.165) is 0 Å². The molecule has 2 aromatic rings. The molecule has 0 fully saturated rings. The van der Waals surface area contributed by atoms with Crippen molar-refractivity contribution >= 4 is 17.3 Å². The van der Waals surface area contributed by atoms with E-state index in [9.17, 15) is 23.7 Å². The third-order valence-electron chi connectivity index (χ3n) is 2.68. The van der Waals surface area contributed by atoms with Gasteiger partial charge in [0.2, 0.25) is 0 Å². The van der Waals surface area contributed by atoms with Crippen LogP contribution in [0.15, 0.2) is 48.5 Å². The Kier molecular flexibility index (Phi) is 4.62. The highest BCUT2D eigenvalue weighted by Crippen LogP contribution is 2.21. The molecule has 2 aromatic carbocycles. The Morgan fingerprint density at radius 3 is 2.36 bits per heavy atom. The van der Waals surface area contributed by atoms with Crippen molar-refractivity contribution < 1.29 is 23.2 Å². The van der Waals surface area contributed by atoms with Crippen LogP contribution in [0.5, 0.6) is 5.75 Å². The molecular formula is C14H10F2N2O4. The minimum Gasteiger partial charge on any atom is -0.435 e. The number of rotatable bonds is 5. The van der Waals surface area contributed by atoms with E-state index in [4.69, 9.17) is 0 Å². The van der Waals surface area contributed by atoms with Crippen LogP contribution in [0, 0.1) is 10.1 Å². The van der Waals surface area contributed by atoms with Crippen LogP contribution in [0.4, 0.5) is 20.2 Å². The predicted octanol–water partition coefficient (Wildman–Crippen LogP) is 3.45. The monoisotopic (exact) mass is 308 g/mol. The number of para-hydroxylation sites is 1. The predicted molar refractivity (Wildman–Crippen MR) is 74.1 cm³/mol. The summed E-state index contributed by atoms with van der Waals surface area (Å²) in [4.78, 5) is 22.2. The first kappa shape index (κ1) is 15.4. The van der Waals surface area contributed by atoms with Crippen LogP contribution in [-0.2, 0) is 0 Å². The summed E-state index contributed by atoms with van der Waals surface area (Å²) in [5, 5.41) is 13.3. The van der Waals surface area contributed by atoms with Gasteiger partial charge in [-0.25, -0.2) is 0 Å². The maximum Gasteiger partial charge on any atom is 0.387 e. The van der Waals surface area contributed by atoms with Crippen molar-refractivity contribution in [3.8, 4) is 5.75 Å². The molecule has 0 bridgehead atoms. The number of amides is 1. The third-order valence-corrected chi connectivity index (χ3v) is 2.68. The summed E-state index contributed by atoms with van der Waals surface area (Å²) in [6.07, 6.45) is 0. The molecule has 0 aliphatic carbocycles. The minimum absolute atomic E-state index is 0.0568. The van der Waals surface area contributed by atoms with Gasteiger partial charge in [-0.1, -0.05) is 12.1 Å². The smallest absolute Gasteiger partial charge is 0.387 e. The van der Waals surface area contributed by atoms with Crippen LogP contribution in [-0.4, -0.2) is 17.4 Å². The molecule has 8 heteroatoms. The van der Waals surface area contributed by atoms with Gasteiger partial charge in [-0.05, 0) is 30.3 Å². The molecule has 22 heavy (non-hydrogen) atoms. The van der Waals surface area contributed by atoms with Gasteiger partial charge in [0.25, 0.3) is 11.6 Å². The van der Waals surface area contributed by atoms with Crippen LogP contribution < -0.4 is 10.1 Å². The van der Waals surface area contributed by atoms with Crippen LogP contribution in [0.2, 0.25) is 0 Å². The summed E-state index contributed by atoms with van der Waals surface area (Å²) in [5.74, 6) is -0.728. The molecule has 0 aliphatic heterocycles. The quantitative estimate of drug-likeness (QED) is 0.677. The van der Waals surface area contributed by atoms with Gasteiger partial charge in [0.1, 0.15) is 11.3 Å². The Hall–Kier alpha value is -3.03. The molecule has 0 heterocycles. The number of halogens is 2. The molecule has 0 unspecified atom stereocenters. The molecule has 2 rings (SSSR count). The number of carbonyl (C=O) groups excluding carboxylic acids is 1. The highest BCUT2D eigenvalue weighted by Gasteiger charge is 2.19. The fraction of sp³-hybridized carbons (Fsp3) is 0.0714. The minimum atomic E-state index is -2.94. The molecule has 0 aromatic heterocycles. The normalized spacial score (nSPS) is 10.3. The zero-order valence-electron chi connectivity index (χ0n) is 11.0. The zero-order chi connectivity index (χ0) is 16.1. The van der Waals surface area contributed by atoms with Gasteiger partial charge >= 0.3 is 6.61 Å². The van der Waals surface area contributed by atoms with Gasteiger partial charge in [-0.3, -0.25) is 14.9 Å². The number of hydrogen-bond acceptors (Lipinski definition) is 4. The second kappa shape index (κ2) is 6.61. The summed E-state index contributed by atoms with van der Waals surface area (Å²) in [7, 11) is 0. The number of carbonyl (C=O) groups is 1. The molecule has 0 radical (unpaired) electrons. The molecule has 0 atom stereocenters. The first-order valence-corrected chi connectivity index (χ1v) is 6.07. The first-order valence-electron chi connectivity index (χ1n) is 6.07. The van der Waals surface area contributed by atoms with Gasteiger partial charge in [0.05, 0.1) is 4.92 Å². The van der Waals surface area contributed by atoms with Crippen molar-refractivity contribution in [1.82, 2.24) is 0 Å². The fourth-order valence-corrected chi connectivity index (χ4v) is 1.74. The average Bonchev–Trinajstić information content (AvgIpc) is 2.48. The number of benzene rings is 2. The van der Waals surface area contributed by atoms with Gasteiger partial charge in [-0.2, -0.15) is 8.78 Å². The second-order valence-electron chi connectivity index (χ2n) is 4.13. The second-order valence-corrected chi connectivity index (χ2v) is 4.13. The Balaban J connectivity index is 2.14. The number of nitrogens with one attached hydrogen (secondary N) is 1. The lowest BCUT2D eigenvalue weighted by molar-refractivity contribution is -0.385. The van der Waals surface area contributed by atoms with Crippen molar-refractivity contribution in [2.75, 3.05) is 5.32 Å². The van der Waals surface area contributed by atoms with E-state index in [1.54, 1.807) is 0 Å². The van der Waals surface area contributed by atoms with Crippen molar-refractivity contribution in [3.05, 3.63) is 64.2 Å². The summed E-state index contributed by atoms with van der Waals surface area (Å²) in [5.41, 5.74) is -0.122. The summed E-state index contributed by atoms with van der Waals surface area (Å²) in [6.45, 7) is -2.94. The SMILES string of the molecule is O=C(Nc1ccc(OC(F)F)cc1)c1ccccc1[N+](=O)[O-]. The maximum atomic E-state index is 12.0.